The van der Waals surface area contributed by atoms with Crippen molar-refractivity contribution >= 4 is 0 Å². The minimum absolute atomic E-state index is 0.236. The molecule has 0 unspecified atom stereocenters. The zero-order chi connectivity index (χ0) is 48.7. The Hall–Kier alpha value is -4.30. The van der Waals surface area contributed by atoms with Crippen LogP contribution in [0, 0.1) is 0 Å². The Morgan fingerprint density at radius 3 is 0.781 bits per heavy atom. The number of para-hydroxylation sites is 1. The zero-order valence-corrected chi connectivity index (χ0v) is 44.9. The lowest BCUT2D eigenvalue weighted by Crippen LogP contribution is -2.22. The molecule has 0 fully saturated rings. The second-order valence-electron chi connectivity index (χ2n) is 27.0. The molecule has 0 aliphatic rings. The van der Waals surface area contributed by atoms with Crippen LogP contribution in [0.2, 0.25) is 0 Å². The summed E-state index contributed by atoms with van der Waals surface area (Å²) < 4.78 is 8.19. The van der Waals surface area contributed by atoms with Gasteiger partial charge in [-0.15, -0.1) is 0 Å². The molecule has 0 atom stereocenters. The van der Waals surface area contributed by atoms with Gasteiger partial charge in [0.2, 0.25) is 0 Å². The summed E-state index contributed by atoms with van der Waals surface area (Å²) in [6.07, 6.45) is 0. The lowest BCUT2D eigenvalue weighted by molar-refractivity contribution is 0.432. The molecule has 0 aromatic heterocycles. The molecular formula is C62H86O2. The van der Waals surface area contributed by atoms with Crippen molar-refractivity contribution in [1.82, 2.24) is 0 Å². The third-order valence-electron chi connectivity index (χ3n) is 12.9. The highest BCUT2D eigenvalue weighted by Crippen LogP contribution is 2.60. The molecule has 1 N–H and O–H groups in total. The average Bonchev–Trinajstić information content (AvgIpc) is 3.11. The predicted molar refractivity (Wildman–Crippen MR) is 281 cm³/mol. The number of hydrogen-bond acceptors (Lipinski definition) is 2. The summed E-state index contributed by atoms with van der Waals surface area (Å²) in [5, 5.41) is 13.6. The molecule has 0 aliphatic heterocycles. The summed E-state index contributed by atoms with van der Waals surface area (Å²) in [4.78, 5) is 0. The van der Waals surface area contributed by atoms with Crippen molar-refractivity contribution in [3.8, 4) is 50.6 Å². The maximum atomic E-state index is 13.6. The normalized spacial score (nSPS) is 13.7. The molecule has 0 radical (unpaired) electrons. The smallest absolute Gasteiger partial charge is 0.144 e. The van der Waals surface area contributed by atoms with E-state index in [2.05, 4.69) is 245 Å². The van der Waals surface area contributed by atoms with Gasteiger partial charge in [-0.2, -0.15) is 0 Å². The minimum Gasteiger partial charge on any atom is -0.507 e. The van der Waals surface area contributed by atoms with Gasteiger partial charge < -0.3 is 9.84 Å². The van der Waals surface area contributed by atoms with Crippen LogP contribution in [0.15, 0.2) is 78.9 Å². The molecule has 5 rings (SSSR count). The van der Waals surface area contributed by atoms with Crippen LogP contribution in [-0.2, 0) is 43.3 Å². The van der Waals surface area contributed by atoms with Gasteiger partial charge in [0.05, 0.1) is 0 Å². The van der Waals surface area contributed by atoms with E-state index in [1.165, 1.54) is 33.4 Å². The monoisotopic (exact) mass is 863 g/mol. The summed E-state index contributed by atoms with van der Waals surface area (Å²) in [5.41, 5.74) is 13.5. The van der Waals surface area contributed by atoms with E-state index in [0.29, 0.717) is 0 Å². The molecule has 5 aromatic carbocycles. The van der Waals surface area contributed by atoms with Crippen LogP contribution in [0.25, 0.3) is 33.4 Å². The largest absolute Gasteiger partial charge is 0.507 e. The number of benzene rings is 5. The van der Waals surface area contributed by atoms with E-state index in [9.17, 15) is 5.11 Å². The van der Waals surface area contributed by atoms with Gasteiger partial charge in [-0.05, 0) is 99.5 Å². The molecule has 0 bridgehead atoms. The first-order chi connectivity index (χ1) is 28.8. The fourth-order valence-electron chi connectivity index (χ4n) is 9.60. The number of phenols is 1. The SMILES string of the molecule is CC(C)(C)c1cccc(C(C)(C)C)c1Oc1c(-c2c(C(C)(C)C)cccc2C(C)(C)C)cc(O)c(-c2c(C(C)(C)C)cccc2C(C)(C)C)c1-c1c(C(C)(C)C)cccc1C(C)(C)C. The molecule has 2 heteroatoms. The fourth-order valence-corrected chi connectivity index (χ4v) is 9.60. The number of hydrogen-bond donors (Lipinski definition) is 1. The van der Waals surface area contributed by atoms with E-state index in [1.54, 1.807) is 0 Å². The molecule has 0 amide bonds. The van der Waals surface area contributed by atoms with Gasteiger partial charge in [-0.3, -0.25) is 0 Å². The minimum atomic E-state index is -0.271. The van der Waals surface area contributed by atoms with Crippen LogP contribution in [-0.4, -0.2) is 5.11 Å². The van der Waals surface area contributed by atoms with E-state index in [-0.39, 0.29) is 49.1 Å². The Balaban J connectivity index is 2.37. The Bertz CT molecular complexity index is 2390. The van der Waals surface area contributed by atoms with Crippen LogP contribution in [0.5, 0.6) is 17.2 Å². The van der Waals surface area contributed by atoms with Crippen molar-refractivity contribution in [3.63, 3.8) is 0 Å². The third kappa shape index (κ3) is 10.1. The molecule has 0 aliphatic carbocycles. The summed E-state index contributed by atoms with van der Waals surface area (Å²) in [7, 11) is 0. The van der Waals surface area contributed by atoms with Gasteiger partial charge in [0.25, 0.3) is 0 Å². The summed E-state index contributed by atoms with van der Waals surface area (Å²) >= 11 is 0. The molecular weight excluding hydrogens is 777 g/mol. The van der Waals surface area contributed by atoms with Gasteiger partial charge in [-0.1, -0.05) is 239 Å². The number of aromatic hydroxyl groups is 1. The standard InChI is InChI=1S/C62H86O2/c1-55(2,3)39-29-25-30-40(56(4,5)6)48(39)38-37-47(63)51(49-41(57(7,8)9)31-26-32-42(49)58(10,11)12)52(50-43(59(13,14)15)33-27-34-44(50)60(16,17)18)53(38)64-54-45(61(19,20)21)35-28-36-46(54)62(22,23)24/h25-37,63H,1-24H3. The van der Waals surface area contributed by atoms with Gasteiger partial charge in [0, 0.05) is 27.8 Å². The van der Waals surface area contributed by atoms with Gasteiger partial charge in [0.1, 0.15) is 17.2 Å². The van der Waals surface area contributed by atoms with Crippen LogP contribution >= 0.6 is 0 Å². The van der Waals surface area contributed by atoms with Crippen molar-refractivity contribution in [2.45, 2.75) is 209 Å². The Morgan fingerprint density at radius 2 is 0.516 bits per heavy atom. The Labute approximate surface area is 391 Å². The average molecular weight is 863 g/mol. The predicted octanol–water partition coefficient (Wildman–Crippen LogP) is 18.6. The number of phenolic OH excluding ortho intramolecular Hbond substituents is 1. The van der Waals surface area contributed by atoms with Crippen LogP contribution in [0.4, 0.5) is 0 Å². The number of rotatable bonds is 5. The summed E-state index contributed by atoms with van der Waals surface area (Å²) in [5.74, 6) is 1.92. The highest BCUT2D eigenvalue weighted by Gasteiger charge is 2.39. The Morgan fingerprint density at radius 1 is 0.281 bits per heavy atom. The van der Waals surface area contributed by atoms with Gasteiger partial charge in [-0.25, -0.2) is 0 Å². The third-order valence-corrected chi connectivity index (χ3v) is 12.9. The summed E-state index contributed by atoms with van der Waals surface area (Å²) in [6, 6.07) is 29.2. The quantitative estimate of drug-likeness (QED) is 0.191. The molecule has 2 nitrogen and oxygen atoms in total. The van der Waals surface area contributed by atoms with E-state index >= 15 is 0 Å². The molecule has 5 aromatic rings. The molecule has 0 saturated heterocycles. The van der Waals surface area contributed by atoms with E-state index in [4.69, 9.17) is 4.74 Å². The zero-order valence-electron chi connectivity index (χ0n) is 44.9. The van der Waals surface area contributed by atoms with Crippen molar-refractivity contribution in [2.75, 3.05) is 0 Å². The topological polar surface area (TPSA) is 29.5 Å². The molecule has 64 heavy (non-hydrogen) atoms. The van der Waals surface area contributed by atoms with Crippen molar-refractivity contribution < 1.29 is 9.84 Å². The van der Waals surface area contributed by atoms with Gasteiger partial charge in [0.15, 0.2) is 0 Å². The fraction of sp³-hybridized carbons (Fsp3) is 0.516. The van der Waals surface area contributed by atoms with Crippen molar-refractivity contribution in [3.05, 3.63) is 123 Å². The summed E-state index contributed by atoms with van der Waals surface area (Å²) in [6.45, 7) is 55.3. The molecule has 346 valence electrons. The highest BCUT2D eigenvalue weighted by atomic mass is 16.5. The second kappa shape index (κ2) is 16.5. The lowest BCUT2D eigenvalue weighted by atomic mass is 9.69. The maximum Gasteiger partial charge on any atom is 0.144 e. The van der Waals surface area contributed by atoms with E-state index < -0.39 is 0 Å². The van der Waals surface area contributed by atoms with E-state index in [0.717, 1.165) is 56.0 Å². The first kappa shape index (κ1) is 50.7. The molecule has 0 spiro atoms. The van der Waals surface area contributed by atoms with Crippen LogP contribution in [0.1, 0.15) is 211 Å². The first-order valence-electron chi connectivity index (χ1n) is 23.9. The van der Waals surface area contributed by atoms with Crippen LogP contribution < -0.4 is 4.74 Å². The van der Waals surface area contributed by atoms with E-state index in [1.807, 2.05) is 0 Å². The molecule has 0 heterocycles. The maximum absolute atomic E-state index is 13.6. The highest BCUT2D eigenvalue weighted by molar-refractivity contribution is 6.01. The van der Waals surface area contributed by atoms with Crippen molar-refractivity contribution in [2.24, 2.45) is 0 Å². The number of ether oxygens (including phenoxy) is 1. The van der Waals surface area contributed by atoms with Crippen molar-refractivity contribution in [1.29, 1.82) is 0 Å². The van der Waals surface area contributed by atoms with Gasteiger partial charge >= 0.3 is 0 Å². The second-order valence-corrected chi connectivity index (χ2v) is 27.0. The molecule has 0 saturated carbocycles. The lowest BCUT2D eigenvalue weighted by Gasteiger charge is -2.37. The first-order valence-corrected chi connectivity index (χ1v) is 23.9. The Kier molecular flexibility index (Phi) is 13.1. The van der Waals surface area contributed by atoms with Crippen LogP contribution in [0.3, 0.4) is 0 Å².